The first kappa shape index (κ1) is 14.0. The summed E-state index contributed by atoms with van der Waals surface area (Å²) in [5.74, 6) is -1.07. The van der Waals surface area contributed by atoms with Gasteiger partial charge in [0.15, 0.2) is 6.10 Å². The zero-order chi connectivity index (χ0) is 14.8. The first-order valence-corrected chi connectivity index (χ1v) is 7.23. The van der Waals surface area contributed by atoms with Crippen LogP contribution in [-0.4, -0.2) is 45.1 Å². The van der Waals surface area contributed by atoms with Gasteiger partial charge in [-0.25, -0.2) is 4.79 Å². The SMILES string of the molecule is O=C(O)C1CCC(C(=O)N(Cc2ccncc2)C2CC2)O1. The average Bonchev–Trinajstić information content (AvgIpc) is 3.20. The minimum absolute atomic E-state index is 0.0851. The topological polar surface area (TPSA) is 79.7 Å². The molecule has 2 heterocycles. The van der Waals surface area contributed by atoms with Crippen molar-refractivity contribution >= 4 is 11.9 Å². The lowest BCUT2D eigenvalue weighted by atomic mass is 10.1. The molecule has 1 saturated carbocycles. The molecule has 1 N–H and O–H groups in total. The van der Waals surface area contributed by atoms with E-state index >= 15 is 0 Å². The largest absolute Gasteiger partial charge is 0.479 e. The Morgan fingerprint density at radius 1 is 1.19 bits per heavy atom. The molecule has 1 aliphatic heterocycles. The van der Waals surface area contributed by atoms with E-state index in [0.29, 0.717) is 19.4 Å². The third-order valence-corrected chi connectivity index (χ3v) is 3.94. The van der Waals surface area contributed by atoms with Crippen LogP contribution in [0.4, 0.5) is 0 Å². The van der Waals surface area contributed by atoms with Crippen molar-refractivity contribution in [3.05, 3.63) is 30.1 Å². The Bertz CT molecular complexity index is 530. The van der Waals surface area contributed by atoms with E-state index in [1.807, 2.05) is 17.0 Å². The Kier molecular flexibility index (Phi) is 3.88. The maximum Gasteiger partial charge on any atom is 0.332 e. The molecule has 1 aromatic heterocycles. The van der Waals surface area contributed by atoms with E-state index in [4.69, 9.17) is 9.84 Å². The molecular formula is C15H18N2O4. The molecule has 1 saturated heterocycles. The van der Waals surface area contributed by atoms with Crippen molar-refractivity contribution in [2.45, 2.75) is 50.5 Å². The van der Waals surface area contributed by atoms with E-state index in [2.05, 4.69) is 4.98 Å². The normalized spacial score (nSPS) is 24.8. The summed E-state index contributed by atoms with van der Waals surface area (Å²) in [4.78, 5) is 29.3. The molecule has 0 radical (unpaired) electrons. The summed E-state index contributed by atoms with van der Waals surface area (Å²) in [6.07, 6.45) is 4.84. The number of pyridine rings is 1. The number of carboxylic acids is 1. The summed E-state index contributed by atoms with van der Waals surface area (Å²) < 4.78 is 5.38. The van der Waals surface area contributed by atoms with Crippen LogP contribution in [0.15, 0.2) is 24.5 Å². The maximum atomic E-state index is 12.6. The van der Waals surface area contributed by atoms with Crippen molar-refractivity contribution in [1.82, 2.24) is 9.88 Å². The highest BCUT2D eigenvalue weighted by Crippen LogP contribution is 2.31. The van der Waals surface area contributed by atoms with Gasteiger partial charge in [0.1, 0.15) is 6.10 Å². The molecule has 0 aromatic carbocycles. The minimum Gasteiger partial charge on any atom is -0.479 e. The molecule has 0 bridgehead atoms. The van der Waals surface area contributed by atoms with Gasteiger partial charge in [0.05, 0.1) is 0 Å². The molecule has 2 aliphatic rings. The molecule has 2 fully saturated rings. The smallest absolute Gasteiger partial charge is 0.332 e. The van der Waals surface area contributed by atoms with E-state index in [0.717, 1.165) is 18.4 Å². The van der Waals surface area contributed by atoms with Crippen LogP contribution >= 0.6 is 0 Å². The molecule has 3 rings (SSSR count). The highest BCUT2D eigenvalue weighted by molar-refractivity contribution is 5.83. The number of amides is 1. The molecule has 1 aliphatic carbocycles. The number of hydrogen-bond acceptors (Lipinski definition) is 4. The van der Waals surface area contributed by atoms with Crippen molar-refractivity contribution in [3.8, 4) is 0 Å². The Morgan fingerprint density at radius 3 is 2.43 bits per heavy atom. The van der Waals surface area contributed by atoms with Crippen molar-refractivity contribution in [2.75, 3.05) is 0 Å². The van der Waals surface area contributed by atoms with Gasteiger partial charge in [-0.15, -0.1) is 0 Å². The monoisotopic (exact) mass is 290 g/mol. The Labute approximate surface area is 122 Å². The Balaban J connectivity index is 1.67. The molecule has 6 nitrogen and oxygen atoms in total. The average molecular weight is 290 g/mol. The summed E-state index contributed by atoms with van der Waals surface area (Å²) in [5, 5.41) is 8.95. The molecule has 1 amide bonds. The molecule has 2 atom stereocenters. The van der Waals surface area contributed by atoms with Crippen molar-refractivity contribution in [3.63, 3.8) is 0 Å². The van der Waals surface area contributed by atoms with E-state index in [-0.39, 0.29) is 11.9 Å². The number of ether oxygens (including phenoxy) is 1. The van der Waals surface area contributed by atoms with Crippen LogP contribution in [0.3, 0.4) is 0 Å². The summed E-state index contributed by atoms with van der Waals surface area (Å²) in [7, 11) is 0. The number of aromatic nitrogens is 1. The van der Waals surface area contributed by atoms with Crippen molar-refractivity contribution in [2.24, 2.45) is 0 Å². The van der Waals surface area contributed by atoms with Gasteiger partial charge in [-0.05, 0) is 43.4 Å². The number of nitrogens with zero attached hydrogens (tertiary/aromatic N) is 2. The fraction of sp³-hybridized carbons (Fsp3) is 0.533. The van der Waals surface area contributed by atoms with Crippen LogP contribution in [0.25, 0.3) is 0 Å². The van der Waals surface area contributed by atoms with E-state index < -0.39 is 18.2 Å². The van der Waals surface area contributed by atoms with Gasteiger partial charge in [-0.2, -0.15) is 0 Å². The van der Waals surface area contributed by atoms with E-state index in [9.17, 15) is 9.59 Å². The van der Waals surface area contributed by atoms with E-state index in [1.54, 1.807) is 12.4 Å². The van der Waals surface area contributed by atoms with Gasteiger partial charge in [0, 0.05) is 25.0 Å². The second-order valence-electron chi connectivity index (χ2n) is 5.58. The van der Waals surface area contributed by atoms with Gasteiger partial charge < -0.3 is 14.7 Å². The highest BCUT2D eigenvalue weighted by atomic mass is 16.5. The molecule has 1 aromatic rings. The van der Waals surface area contributed by atoms with Crippen molar-refractivity contribution < 1.29 is 19.4 Å². The van der Waals surface area contributed by atoms with Gasteiger partial charge in [0.25, 0.3) is 5.91 Å². The zero-order valence-electron chi connectivity index (χ0n) is 11.6. The summed E-state index contributed by atoms with van der Waals surface area (Å²) in [6.45, 7) is 0.531. The van der Waals surface area contributed by atoms with Gasteiger partial charge in [0.2, 0.25) is 0 Å². The van der Waals surface area contributed by atoms with Crippen LogP contribution < -0.4 is 0 Å². The summed E-state index contributed by atoms with van der Waals surface area (Å²) >= 11 is 0. The second kappa shape index (κ2) is 5.81. The van der Waals surface area contributed by atoms with Crippen LogP contribution in [0.5, 0.6) is 0 Å². The highest BCUT2D eigenvalue weighted by Gasteiger charge is 2.41. The maximum absolute atomic E-state index is 12.6. The number of carbonyl (C=O) groups is 2. The Hall–Kier alpha value is -1.95. The number of aliphatic carboxylic acids is 1. The van der Waals surface area contributed by atoms with E-state index in [1.165, 1.54) is 0 Å². The molecule has 6 heteroatoms. The summed E-state index contributed by atoms with van der Waals surface area (Å²) in [5.41, 5.74) is 1.03. The lowest BCUT2D eigenvalue weighted by molar-refractivity contribution is -0.155. The first-order valence-electron chi connectivity index (χ1n) is 7.23. The molecule has 21 heavy (non-hydrogen) atoms. The zero-order valence-corrected chi connectivity index (χ0v) is 11.6. The Morgan fingerprint density at radius 2 is 1.86 bits per heavy atom. The third-order valence-electron chi connectivity index (χ3n) is 3.94. The van der Waals surface area contributed by atoms with Crippen molar-refractivity contribution in [1.29, 1.82) is 0 Å². The summed E-state index contributed by atoms with van der Waals surface area (Å²) in [6, 6.07) is 4.04. The van der Waals surface area contributed by atoms with Gasteiger partial charge in [-0.1, -0.05) is 0 Å². The quantitative estimate of drug-likeness (QED) is 0.881. The number of carboxylic acid groups (broad SMARTS) is 1. The fourth-order valence-corrected chi connectivity index (χ4v) is 2.64. The standard InChI is InChI=1S/C15H18N2O4/c18-14(12-3-4-13(21-12)15(19)20)17(11-1-2-11)9-10-5-7-16-8-6-10/h5-8,11-13H,1-4,9H2,(H,19,20). The molecule has 112 valence electrons. The van der Waals surface area contributed by atoms with Crippen LogP contribution in [0.1, 0.15) is 31.2 Å². The predicted octanol–water partition coefficient (Wildman–Crippen LogP) is 1.20. The lowest BCUT2D eigenvalue weighted by Gasteiger charge is -2.25. The van der Waals surface area contributed by atoms with Gasteiger partial charge >= 0.3 is 5.97 Å². The van der Waals surface area contributed by atoms with Gasteiger partial charge in [-0.3, -0.25) is 9.78 Å². The molecule has 2 unspecified atom stereocenters. The van der Waals surface area contributed by atoms with Crippen LogP contribution in [-0.2, 0) is 20.9 Å². The minimum atomic E-state index is -0.989. The second-order valence-corrected chi connectivity index (χ2v) is 5.58. The first-order chi connectivity index (χ1) is 10.1. The lowest BCUT2D eigenvalue weighted by Crippen LogP contribution is -2.40. The van der Waals surface area contributed by atoms with Crippen LogP contribution in [0, 0.1) is 0 Å². The predicted molar refractivity (Wildman–Crippen MR) is 73.3 cm³/mol. The molecular weight excluding hydrogens is 272 g/mol. The molecule has 0 spiro atoms. The fourth-order valence-electron chi connectivity index (χ4n) is 2.64. The van der Waals surface area contributed by atoms with Crippen LogP contribution in [0.2, 0.25) is 0 Å². The number of rotatable bonds is 5. The number of carbonyl (C=O) groups excluding carboxylic acids is 1. The number of hydrogen-bond donors (Lipinski definition) is 1. The third kappa shape index (κ3) is 3.21.